The molecule has 0 radical (unpaired) electrons. The summed E-state index contributed by atoms with van der Waals surface area (Å²) in [5.74, 6) is 0. The van der Waals surface area contributed by atoms with E-state index in [1.54, 1.807) is 0 Å². The SMILES string of the molecule is P[PH](c1ccccc1)(c1ccccc1)c1ccccc1.[NaH]. The van der Waals surface area contributed by atoms with Crippen molar-refractivity contribution in [1.29, 1.82) is 0 Å². The van der Waals surface area contributed by atoms with Crippen LogP contribution in [0.25, 0.3) is 0 Å². The van der Waals surface area contributed by atoms with E-state index in [4.69, 9.17) is 0 Å². The van der Waals surface area contributed by atoms with E-state index in [0.717, 1.165) is 0 Å². The first-order valence-electron chi connectivity index (χ1n) is 6.77. The fourth-order valence-corrected chi connectivity index (χ4v) is 7.49. The molecule has 3 aromatic carbocycles. The Bertz CT molecular complexity index is 573. The Balaban J connectivity index is 0.00000161. The van der Waals surface area contributed by atoms with Crippen molar-refractivity contribution in [3.05, 3.63) is 91.0 Å². The summed E-state index contributed by atoms with van der Waals surface area (Å²) in [7, 11) is 3.20. The van der Waals surface area contributed by atoms with Crippen LogP contribution < -0.4 is 15.9 Å². The van der Waals surface area contributed by atoms with Crippen molar-refractivity contribution in [1.82, 2.24) is 0 Å². The molecular weight excluding hydrogens is 301 g/mol. The molecule has 3 heteroatoms. The fourth-order valence-electron chi connectivity index (χ4n) is 2.60. The third-order valence-electron chi connectivity index (χ3n) is 3.69. The third-order valence-corrected chi connectivity index (χ3v) is 10.4. The molecule has 3 rings (SSSR count). The molecule has 1 atom stereocenters. The van der Waals surface area contributed by atoms with E-state index in [2.05, 4.69) is 99.9 Å². The van der Waals surface area contributed by atoms with Gasteiger partial charge in [0, 0.05) is 0 Å². The van der Waals surface area contributed by atoms with Crippen LogP contribution in [0.4, 0.5) is 0 Å². The van der Waals surface area contributed by atoms with Crippen LogP contribution in [0.1, 0.15) is 0 Å². The summed E-state index contributed by atoms with van der Waals surface area (Å²) in [4.78, 5) is 0. The zero-order valence-corrected chi connectivity index (χ0v) is 13.4. The van der Waals surface area contributed by atoms with E-state index in [1.807, 2.05) is 0 Å². The number of benzene rings is 3. The van der Waals surface area contributed by atoms with Crippen molar-refractivity contribution in [3.63, 3.8) is 0 Å². The second-order valence-corrected chi connectivity index (χ2v) is 10.9. The van der Waals surface area contributed by atoms with Crippen LogP contribution in [0, 0.1) is 0 Å². The molecule has 102 valence electrons. The third kappa shape index (κ3) is 3.48. The van der Waals surface area contributed by atoms with Gasteiger partial charge in [-0.15, -0.1) is 0 Å². The van der Waals surface area contributed by atoms with Gasteiger partial charge in [-0.05, 0) is 0 Å². The van der Waals surface area contributed by atoms with Crippen LogP contribution in [0.5, 0.6) is 0 Å². The van der Waals surface area contributed by atoms with Crippen LogP contribution in [0.15, 0.2) is 91.0 Å². The van der Waals surface area contributed by atoms with Gasteiger partial charge in [0.05, 0.1) is 0 Å². The zero-order chi connectivity index (χ0) is 13.8. The molecule has 0 amide bonds. The van der Waals surface area contributed by atoms with Crippen molar-refractivity contribution in [3.8, 4) is 0 Å². The van der Waals surface area contributed by atoms with Gasteiger partial charge in [0.15, 0.2) is 0 Å². The number of hydrogen-bond donors (Lipinski definition) is 0. The molecule has 0 aliphatic rings. The molecule has 0 saturated heterocycles. The van der Waals surface area contributed by atoms with E-state index < -0.39 is 6.95 Å². The van der Waals surface area contributed by atoms with Gasteiger partial charge in [0.25, 0.3) is 0 Å². The van der Waals surface area contributed by atoms with Crippen LogP contribution in [0.2, 0.25) is 0 Å². The van der Waals surface area contributed by atoms with E-state index in [0.29, 0.717) is 0 Å². The van der Waals surface area contributed by atoms with E-state index in [9.17, 15) is 0 Å². The molecule has 0 saturated carbocycles. The van der Waals surface area contributed by atoms with E-state index in [1.165, 1.54) is 15.9 Å². The fraction of sp³-hybridized carbons (Fsp3) is 0. The Kier molecular flexibility index (Phi) is 6.18. The van der Waals surface area contributed by atoms with Gasteiger partial charge in [-0.3, -0.25) is 0 Å². The predicted molar refractivity (Wildman–Crippen MR) is 103 cm³/mol. The predicted octanol–water partition coefficient (Wildman–Crippen LogP) is 2.85. The maximum absolute atomic E-state index is 3.20. The second-order valence-electron chi connectivity index (χ2n) is 4.91. The Labute approximate surface area is 151 Å². The van der Waals surface area contributed by atoms with Crippen LogP contribution in [-0.4, -0.2) is 29.6 Å². The summed E-state index contributed by atoms with van der Waals surface area (Å²) in [5.41, 5.74) is 0. The molecule has 0 aliphatic heterocycles. The van der Waals surface area contributed by atoms with Gasteiger partial charge in [-0.1, -0.05) is 0 Å². The van der Waals surface area contributed by atoms with Gasteiger partial charge in [0.2, 0.25) is 0 Å². The first-order valence-corrected chi connectivity index (χ1v) is 10.6. The molecule has 0 bridgehead atoms. The summed E-state index contributed by atoms with van der Waals surface area (Å²) in [6.07, 6.45) is 0. The van der Waals surface area contributed by atoms with Gasteiger partial charge in [-0.25, -0.2) is 0 Å². The van der Waals surface area contributed by atoms with Crippen LogP contribution in [-0.2, 0) is 0 Å². The average molecular weight is 320 g/mol. The van der Waals surface area contributed by atoms with E-state index >= 15 is 0 Å². The minimum absolute atomic E-state index is 0. The number of rotatable bonds is 3. The molecule has 3 aromatic rings. The van der Waals surface area contributed by atoms with Gasteiger partial charge in [0.1, 0.15) is 0 Å². The molecule has 0 nitrogen and oxygen atoms in total. The monoisotopic (exact) mass is 320 g/mol. The Hall–Kier alpha value is -0.480. The Morgan fingerprint density at radius 1 is 0.476 bits per heavy atom. The maximum atomic E-state index is 3.20. The summed E-state index contributed by atoms with van der Waals surface area (Å²) in [6, 6.07) is 32.5. The first kappa shape index (κ1) is 16.9. The van der Waals surface area contributed by atoms with Crippen molar-refractivity contribution in [2.75, 3.05) is 0 Å². The molecule has 0 fully saturated rings. The molecule has 21 heavy (non-hydrogen) atoms. The zero-order valence-electron chi connectivity index (χ0n) is 11.2. The summed E-state index contributed by atoms with van der Waals surface area (Å²) < 4.78 is 0. The average Bonchev–Trinajstić information content (AvgIpc) is 2.56. The minimum atomic E-state index is -1.96. The molecule has 0 heterocycles. The molecule has 0 N–H and O–H groups in total. The topological polar surface area (TPSA) is 0 Å². The van der Waals surface area contributed by atoms with Crippen molar-refractivity contribution in [2.24, 2.45) is 0 Å². The van der Waals surface area contributed by atoms with Gasteiger partial charge >= 0.3 is 152 Å². The van der Waals surface area contributed by atoms with E-state index in [-0.39, 0.29) is 29.6 Å². The van der Waals surface area contributed by atoms with Crippen molar-refractivity contribution < 1.29 is 0 Å². The standard InChI is InChI=1S/C18H18P2.Na.H/c19-20(16-10-4-1-5-11-16,17-12-6-2-7-13-17)18-14-8-3-9-15-18;;/h1-15,20H,19H2;;. The Morgan fingerprint density at radius 3 is 0.952 bits per heavy atom. The number of hydrogen-bond acceptors (Lipinski definition) is 0. The Morgan fingerprint density at radius 2 is 0.714 bits per heavy atom. The van der Waals surface area contributed by atoms with Gasteiger partial charge < -0.3 is 0 Å². The summed E-state index contributed by atoms with van der Waals surface area (Å²) >= 11 is 0. The van der Waals surface area contributed by atoms with Gasteiger partial charge in [-0.2, -0.15) is 0 Å². The molecule has 0 aromatic heterocycles. The van der Waals surface area contributed by atoms with Crippen LogP contribution in [0.3, 0.4) is 0 Å². The molecular formula is C18H19NaP2. The normalized spacial score (nSPS) is 11.5. The summed E-state index contributed by atoms with van der Waals surface area (Å²) in [5, 5.41) is 4.26. The molecule has 0 aliphatic carbocycles. The van der Waals surface area contributed by atoms with Crippen LogP contribution >= 0.6 is 15.9 Å². The van der Waals surface area contributed by atoms with Crippen molar-refractivity contribution in [2.45, 2.75) is 0 Å². The summed E-state index contributed by atoms with van der Waals surface area (Å²) in [6.45, 7) is -1.96. The molecule has 1 unspecified atom stereocenters. The van der Waals surface area contributed by atoms with Crippen molar-refractivity contribution >= 4 is 61.4 Å². The quantitative estimate of drug-likeness (QED) is 0.514. The first-order chi connectivity index (χ1) is 9.82. The molecule has 0 spiro atoms. The second kappa shape index (κ2) is 7.68.